The van der Waals surface area contributed by atoms with E-state index in [9.17, 15) is 9.59 Å². The standard InChI is InChI=1S/C23H23ClN4O3/c1-31-23(30)21-13-17(15-27(21)14-16-7-2-4-9-19(16)24)26-22(29)18-8-3-5-10-20(18)28-12-6-11-25-28/h2-12,17,21H,13-15H2,1H3,(H,26,29)/t17-,21+/m1/s1. The smallest absolute Gasteiger partial charge is 0.323 e. The molecule has 1 aliphatic rings. The quantitative estimate of drug-likeness (QED) is 0.598. The van der Waals surface area contributed by atoms with Crippen molar-refractivity contribution in [3.05, 3.63) is 83.1 Å². The van der Waals surface area contributed by atoms with E-state index in [0.717, 1.165) is 5.56 Å². The zero-order valence-corrected chi connectivity index (χ0v) is 17.8. The van der Waals surface area contributed by atoms with E-state index in [1.807, 2.05) is 47.4 Å². The van der Waals surface area contributed by atoms with Gasteiger partial charge in [0, 0.05) is 36.5 Å². The third kappa shape index (κ3) is 4.62. The molecule has 4 rings (SSSR count). The molecule has 2 aromatic carbocycles. The van der Waals surface area contributed by atoms with E-state index in [1.165, 1.54) is 7.11 Å². The van der Waals surface area contributed by atoms with Crippen molar-refractivity contribution in [1.29, 1.82) is 0 Å². The molecule has 0 radical (unpaired) electrons. The van der Waals surface area contributed by atoms with Crippen LogP contribution in [0.3, 0.4) is 0 Å². The third-order valence-electron chi connectivity index (χ3n) is 5.44. The largest absolute Gasteiger partial charge is 0.468 e. The van der Waals surface area contributed by atoms with Gasteiger partial charge in [-0.2, -0.15) is 5.10 Å². The Labute approximate surface area is 185 Å². The van der Waals surface area contributed by atoms with Crippen LogP contribution in [0.1, 0.15) is 22.3 Å². The molecule has 1 aromatic heterocycles. The summed E-state index contributed by atoms with van der Waals surface area (Å²) in [4.78, 5) is 27.5. The summed E-state index contributed by atoms with van der Waals surface area (Å²) in [5, 5.41) is 7.95. The lowest BCUT2D eigenvalue weighted by Crippen LogP contribution is -2.38. The predicted octanol–water partition coefficient (Wildman–Crippen LogP) is 3.07. The molecule has 0 aliphatic carbocycles. The Morgan fingerprint density at radius 3 is 2.68 bits per heavy atom. The molecule has 160 valence electrons. The van der Waals surface area contributed by atoms with E-state index >= 15 is 0 Å². The van der Waals surface area contributed by atoms with Gasteiger partial charge in [-0.15, -0.1) is 0 Å². The van der Waals surface area contributed by atoms with E-state index < -0.39 is 6.04 Å². The van der Waals surface area contributed by atoms with Gasteiger partial charge >= 0.3 is 5.97 Å². The molecule has 8 heteroatoms. The summed E-state index contributed by atoms with van der Waals surface area (Å²) < 4.78 is 6.66. The molecule has 2 atom stereocenters. The number of ether oxygens (including phenoxy) is 1. The van der Waals surface area contributed by atoms with Gasteiger partial charge in [-0.1, -0.05) is 41.9 Å². The Balaban J connectivity index is 1.51. The van der Waals surface area contributed by atoms with E-state index in [0.29, 0.717) is 35.8 Å². The van der Waals surface area contributed by atoms with E-state index in [1.54, 1.807) is 29.2 Å². The number of carbonyl (C=O) groups is 2. The average molecular weight is 439 g/mol. The van der Waals surface area contributed by atoms with Crippen LogP contribution in [0.4, 0.5) is 0 Å². The number of hydrogen-bond acceptors (Lipinski definition) is 5. The molecule has 1 saturated heterocycles. The summed E-state index contributed by atoms with van der Waals surface area (Å²) in [6.07, 6.45) is 3.92. The summed E-state index contributed by atoms with van der Waals surface area (Å²) in [5.41, 5.74) is 2.14. The van der Waals surface area contributed by atoms with E-state index in [4.69, 9.17) is 16.3 Å². The maximum absolute atomic E-state index is 13.1. The minimum absolute atomic E-state index is 0.204. The monoisotopic (exact) mass is 438 g/mol. The highest BCUT2D eigenvalue weighted by Crippen LogP contribution is 2.25. The Morgan fingerprint density at radius 1 is 1.16 bits per heavy atom. The summed E-state index contributed by atoms with van der Waals surface area (Å²) in [6.45, 7) is 1.01. The Hall–Kier alpha value is -3.16. The van der Waals surface area contributed by atoms with Crippen molar-refractivity contribution in [1.82, 2.24) is 20.0 Å². The first-order valence-electron chi connectivity index (χ1n) is 10.0. The topological polar surface area (TPSA) is 76.5 Å². The lowest BCUT2D eigenvalue weighted by atomic mass is 10.1. The van der Waals surface area contributed by atoms with Crippen LogP contribution < -0.4 is 5.32 Å². The van der Waals surface area contributed by atoms with Gasteiger partial charge in [0.1, 0.15) is 6.04 Å². The molecule has 3 aromatic rings. The van der Waals surface area contributed by atoms with Gasteiger partial charge in [-0.3, -0.25) is 14.5 Å². The molecule has 0 unspecified atom stereocenters. The first-order chi connectivity index (χ1) is 15.1. The molecule has 1 fully saturated rings. The Bertz CT molecular complexity index is 1070. The van der Waals surface area contributed by atoms with Gasteiger partial charge < -0.3 is 10.1 Å². The summed E-state index contributed by atoms with van der Waals surface area (Å²) in [6, 6.07) is 16.0. The van der Waals surface area contributed by atoms with Gasteiger partial charge in [0.2, 0.25) is 0 Å². The number of methoxy groups -OCH3 is 1. The lowest BCUT2D eigenvalue weighted by Gasteiger charge is -2.22. The number of benzene rings is 2. The number of halogens is 1. The Kier molecular flexibility index (Phi) is 6.34. The van der Waals surface area contributed by atoms with Crippen LogP contribution in [0, 0.1) is 0 Å². The molecular weight excluding hydrogens is 416 g/mol. The maximum atomic E-state index is 13.1. The number of carbonyl (C=O) groups excluding carboxylic acids is 2. The number of nitrogens with one attached hydrogen (secondary N) is 1. The molecule has 1 aliphatic heterocycles. The van der Waals surface area contributed by atoms with Crippen molar-refractivity contribution in [3.8, 4) is 5.69 Å². The molecule has 2 heterocycles. The molecular formula is C23H23ClN4O3. The van der Waals surface area contributed by atoms with Crippen molar-refractivity contribution in [2.75, 3.05) is 13.7 Å². The van der Waals surface area contributed by atoms with Gasteiger partial charge in [0.15, 0.2) is 0 Å². The summed E-state index contributed by atoms with van der Waals surface area (Å²) in [5.74, 6) is -0.528. The van der Waals surface area contributed by atoms with Crippen molar-refractivity contribution < 1.29 is 14.3 Å². The molecule has 7 nitrogen and oxygen atoms in total. The first-order valence-corrected chi connectivity index (χ1v) is 10.4. The maximum Gasteiger partial charge on any atom is 0.323 e. The highest BCUT2D eigenvalue weighted by molar-refractivity contribution is 6.31. The third-order valence-corrected chi connectivity index (χ3v) is 5.81. The van der Waals surface area contributed by atoms with Crippen LogP contribution in [0.15, 0.2) is 67.0 Å². The SMILES string of the molecule is COC(=O)[C@@H]1C[C@@H](NC(=O)c2ccccc2-n2cccn2)CN1Cc1ccccc1Cl. The number of hydrogen-bond donors (Lipinski definition) is 1. The fourth-order valence-electron chi connectivity index (χ4n) is 3.95. The lowest BCUT2D eigenvalue weighted by molar-refractivity contribution is -0.146. The molecule has 0 saturated carbocycles. The van der Waals surface area contributed by atoms with Crippen molar-refractivity contribution in [3.63, 3.8) is 0 Å². The summed E-state index contributed by atoms with van der Waals surface area (Å²) in [7, 11) is 1.38. The molecule has 0 bridgehead atoms. The van der Waals surface area contributed by atoms with Gasteiger partial charge in [-0.25, -0.2) is 4.68 Å². The second kappa shape index (κ2) is 9.32. The van der Waals surface area contributed by atoms with E-state index in [-0.39, 0.29) is 17.9 Å². The highest BCUT2D eigenvalue weighted by atomic mass is 35.5. The fraction of sp³-hybridized carbons (Fsp3) is 0.261. The van der Waals surface area contributed by atoms with Crippen LogP contribution in [0.2, 0.25) is 5.02 Å². The zero-order valence-electron chi connectivity index (χ0n) is 17.1. The number of rotatable bonds is 6. The van der Waals surface area contributed by atoms with Crippen LogP contribution in [-0.2, 0) is 16.1 Å². The first kappa shape index (κ1) is 21.1. The molecule has 31 heavy (non-hydrogen) atoms. The van der Waals surface area contributed by atoms with Crippen LogP contribution in [0.5, 0.6) is 0 Å². The molecule has 1 amide bonds. The minimum Gasteiger partial charge on any atom is -0.468 e. The molecule has 0 spiro atoms. The molecule has 1 N–H and O–H groups in total. The van der Waals surface area contributed by atoms with Gasteiger partial charge in [0.25, 0.3) is 5.91 Å². The minimum atomic E-state index is -0.451. The van der Waals surface area contributed by atoms with Gasteiger partial charge in [0.05, 0.1) is 18.4 Å². The fourth-order valence-corrected chi connectivity index (χ4v) is 4.14. The van der Waals surface area contributed by atoms with Crippen molar-refractivity contribution in [2.24, 2.45) is 0 Å². The number of aromatic nitrogens is 2. The predicted molar refractivity (Wildman–Crippen MR) is 117 cm³/mol. The highest BCUT2D eigenvalue weighted by Gasteiger charge is 2.38. The normalized spacial score (nSPS) is 18.6. The van der Waals surface area contributed by atoms with Crippen LogP contribution in [0.25, 0.3) is 5.69 Å². The Morgan fingerprint density at radius 2 is 1.94 bits per heavy atom. The second-order valence-corrected chi connectivity index (χ2v) is 7.84. The number of amides is 1. The van der Waals surface area contributed by atoms with Crippen molar-refractivity contribution in [2.45, 2.75) is 25.0 Å². The number of para-hydroxylation sites is 1. The average Bonchev–Trinajstić information content (AvgIpc) is 3.45. The second-order valence-electron chi connectivity index (χ2n) is 7.43. The summed E-state index contributed by atoms with van der Waals surface area (Å²) >= 11 is 6.31. The van der Waals surface area contributed by atoms with Crippen molar-refractivity contribution >= 4 is 23.5 Å². The zero-order chi connectivity index (χ0) is 21.8. The van der Waals surface area contributed by atoms with Gasteiger partial charge in [-0.05, 0) is 36.2 Å². The van der Waals surface area contributed by atoms with Crippen LogP contribution in [-0.4, -0.2) is 52.3 Å². The number of likely N-dealkylation sites (tertiary alicyclic amines) is 1. The van der Waals surface area contributed by atoms with Crippen LogP contribution >= 0.6 is 11.6 Å². The number of nitrogens with zero attached hydrogens (tertiary/aromatic N) is 3. The number of esters is 1. The van der Waals surface area contributed by atoms with E-state index in [2.05, 4.69) is 10.4 Å².